The van der Waals surface area contributed by atoms with Crippen LogP contribution in [-0.4, -0.2) is 22.8 Å². The van der Waals surface area contributed by atoms with Crippen LogP contribution in [0.25, 0.3) is 0 Å². The molecule has 0 heterocycles. The van der Waals surface area contributed by atoms with E-state index in [2.05, 4.69) is 41.5 Å². The second-order valence-corrected chi connectivity index (χ2v) is 12.4. The van der Waals surface area contributed by atoms with Gasteiger partial charge in [0.15, 0.2) is 0 Å². The average Bonchev–Trinajstić information content (AvgIpc) is 2.56. The summed E-state index contributed by atoms with van der Waals surface area (Å²) < 4.78 is 12.9. The maximum Gasteiger partial charge on any atom is 0.347 e. The highest BCUT2D eigenvalue weighted by atomic mass is 28.4. The van der Waals surface area contributed by atoms with Crippen LogP contribution < -0.4 is 0 Å². The second-order valence-electron chi connectivity index (χ2n) is 8.28. The molecule has 0 aliphatic heterocycles. The maximum atomic E-state index is 6.44. The maximum absolute atomic E-state index is 6.44. The molecule has 0 radical (unpaired) electrons. The number of hydrogen-bond donors (Lipinski definition) is 0. The van der Waals surface area contributed by atoms with Crippen LogP contribution in [0.2, 0.25) is 10.6 Å². The summed E-state index contributed by atoms with van der Waals surface area (Å²) in [6.07, 6.45) is 9.13. The minimum absolute atomic E-state index is 0.134. The first-order valence-electron chi connectivity index (χ1n) is 9.96. The van der Waals surface area contributed by atoms with Crippen molar-refractivity contribution in [3.8, 4) is 0 Å². The van der Waals surface area contributed by atoms with Gasteiger partial charge >= 0.3 is 8.56 Å². The Labute approximate surface area is 147 Å². The Kier molecular flexibility index (Phi) is 8.29. The van der Waals surface area contributed by atoms with Crippen molar-refractivity contribution in [1.29, 1.82) is 0 Å². The molecule has 0 aromatic carbocycles. The lowest BCUT2D eigenvalue weighted by molar-refractivity contribution is 0.123. The van der Waals surface area contributed by atoms with Crippen molar-refractivity contribution in [3.05, 3.63) is 0 Å². The molecule has 1 rings (SSSR count). The Bertz CT molecular complexity index is 327. The van der Waals surface area contributed by atoms with Gasteiger partial charge in [-0.2, -0.15) is 0 Å². The highest BCUT2D eigenvalue weighted by Crippen LogP contribution is 2.59. The molecule has 3 unspecified atom stereocenters. The van der Waals surface area contributed by atoms with Crippen LogP contribution in [-0.2, 0) is 8.85 Å². The highest BCUT2D eigenvalue weighted by Gasteiger charge is 2.61. The van der Waals surface area contributed by atoms with E-state index in [1.165, 1.54) is 44.9 Å². The number of hydrogen-bond acceptors (Lipinski definition) is 2. The summed E-state index contributed by atoms with van der Waals surface area (Å²) in [5.41, 5.74) is 0.635. The Hall–Kier alpha value is 0.137. The summed E-state index contributed by atoms with van der Waals surface area (Å²) >= 11 is 0. The van der Waals surface area contributed by atoms with Gasteiger partial charge in [-0.25, -0.2) is 0 Å². The predicted octanol–water partition coefficient (Wildman–Crippen LogP) is 6.54. The molecule has 0 N–H and O–H groups in total. The second kappa shape index (κ2) is 9.01. The smallest absolute Gasteiger partial charge is 0.347 e. The largest absolute Gasteiger partial charge is 0.397 e. The average molecular weight is 343 g/mol. The quantitative estimate of drug-likeness (QED) is 0.443. The fourth-order valence-electron chi connectivity index (χ4n) is 5.37. The molecule has 0 aromatic heterocycles. The first kappa shape index (κ1) is 21.2. The zero-order chi connectivity index (χ0) is 17.7. The standard InChI is InChI=1S/C20H42O2Si/c1-9-13-16(4)20(5,6)23(21-7,22-8)19-17(10-2)14-12-15-18(19)11-3/h16-19H,9-15H2,1-8H3. The molecular formula is C20H42O2Si. The van der Waals surface area contributed by atoms with Crippen LogP contribution in [0.15, 0.2) is 0 Å². The van der Waals surface area contributed by atoms with E-state index in [1.54, 1.807) is 0 Å². The van der Waals surface area contributed by atoms with Gasteiger partial charge < -0.3 is 8.85 Å². The summed E-state index contributed by atoms with van der Waals surface area (Å²) in [6.45, 7) is 14.3. The molecular weight excluding hydrogens is 300 g/mol. The lowest BCUT2D eigenvalue weighted by Gasteiger charge is -2.54. The van der Waals surface area contributed by atoms with Crippen molar-refractivity contribution < 1.29 is 8.85 Å². The van der Waals surface area contributed by atoms with E-state index in [1.807, 2.05) is 14.2 Å². The van der Waals surface area contributed by atoms with Crippen LogP contribution >= 0.6 is 0 Å². The van der Waals surface area contributed by atoms with Crippen LogP contribution in [0.1, 0.15) is 86.5 Å². The van der Waals surface area contributed by atoms with E-state index < -0.39 is 8.56 Å². The Balaban J connectivity index is 3.33. The van der Waals surface area contributed by atoms with E-state index >= 15 is 0 Å². The molecule has 1 aliphatic carbocycles. The van der Waals surface area contributed by atoms with Crippen molar-refractivity contribution >= 4 is 8.56 Å². The van der Waals surface area contributed by atoms with Gasteiger partial charge in [-0.15, -0.1) is 0 Å². The van der Waals surface area contributed by atoms with Gasteiger partial charge in [0.1, 0.15) is 0 Å². The van der Waals surface area contributed by atoms with Crippen LogP contribution in [0.4, 0.5) is 0 Å². The normalized spacial score (nSPS) is 27.9. The van der Waals surface area contributed by atoms with E-state index in [9.17, 15) is 0 Å². The molecule has 2 nitrogen and oxygen atoms in total. The lowest BCUT2D eigenvalue weighted by atomic mass is 9.78. The van der Waals surface area contributed by atoms with E-state index in [-0.39, 0.29) is 5.04 Å². The first-order chi connectivity index (χ1) is 10.9. The molecule has 0 spiro atoms. The molecule has 23 heavy (non-hydrogen) atoms. The zero-order valence-electron chi connectivity index (χ0n) is 17.1. The van der Waals surface area contributed by atoms with Crippen LogP contribution in [0.3, 0.4) is 0 Å². The van der Waals surface area contributed by atoms with Gasteiger partial charge in [0, 0.05) is 24.8 Å². The van der Waals surface area contributed by atoms with Crippen LogP contribution in [0, 0.1) is 17.8 Å². The Morgan fingerprint density at radius 2 is 1.48 bits per heavy atom. The molecule has 138 valence electrons. The SMILES string of the molecule is CCCC(C)C(C)(C)[Si](OC)(OC)C1C(CC)CCCC1CC. The van der Waals surface area contributed by atoms with Crippen molar-refractivity contribution in [2.45, 2.75) is 97.1 Å². The van der Waals surface area contributed by atoms with E-state index in [0.717, 1.165) is 11.8 Å². The Morgan fingerprint density at radius 1 is 1.00 bits per heavy atom. The third-order valence-corrected chi connectivity index (χ3v) is 12.4. The first-order valence-corrected chi connectivity index (χ1v) is 11.9. The molecule has 0 saturated heterocycles. The van der Waals surface area contributed by atoms with Crippen molar-refractivity contribution in [3.63, 3.8) is 0 Å². The fourth-order valence-corrected chi connectivity index (χ4v) is 10.9. The van der Waals surface area contributed by atoms with Gasteiger partial charge in [0.25, 0.3) is 0 Å². The summed E-state index contributed by atoms with van der Waals surface area (Å²) in [5.74, 6) is 2.18. The third kappa shape index (κ3) is 3.87. The molecule has 3 atom stereocenters. The van der Waals surface area contributed by atoms with Gasteiger partial charge in [-0.05, 0) is 17.8 Å². The molecule has 1 aliphatic rings. The highest BCUT2D eigenvalue weighted by molar-refractivity contribution is 6.72. The van der Waals surface area contributed by atoms with Gasteiger partial charge in [-0.1, -0.05) is 86.5 Å². The van der Waals surface area contributed by atoms with Gasteiger partial charge in [0.2, 0.25) is 0 Å². The van der Waals surface area contributed by atoms with Crippen molar-refractivity contribution in [2.24, 2.45) is 17.8 Å². The molecule has 0 aromatic rings. The summed E-state index contributed by atoms with van der Waals surface area (Å²) in [6, 6.07) is 0. The predicted molar refractivity (Wildman–Crippen MR) is 103 cm³/mol. The number of rotatable bonds is 9. The monoisotopic (exact) mass is 342 g/mol. The lowest BCUT2D eigenvalue weighted by Crippen LogP contribution is -2.60. The van der Waals surface area contributed by atoms with Gasteiger partial charge in [-0.3, -0.25) is 0 Å². The third-order valence-electron chi connectivity index (χ3n) is 7.11. The summed E-state index contributed by atoms with van der Waals surface area (Å²) in [4.78, 5) is 0. The minimum atomic E-state index is -2.34. The zero-order valence-corrected chi connectivity index (χ0v) is 18.1. The topological polar surface area (TPSA) is 18.5 Å². The van der Waals surface area contributed by atoms with Crippen molar-refractivity contribution in [1.82, 2.24) is 0 Å². The van der Waals surface area contributed by atoms with Crippen LogP contribution in [0.5, 0.6) is 0 Å². The summed E-state index contributed by atoms with van der Waals surface area (Å²) in [7, 11) is 1.53. The molecule has 1 saturated carbocycles. The fraction of sp³-hybridized carbons (Fsp3) is 1.00. The molecule has 3 heteroatoms. The van der Waals surface area contributed by atoms with E-state index in [4.69, 9.17) is 8.85 Å². The summed E-state index contributed by atoms with van der Waals surface area (Å²) in [5, 5.41) is 0.134. The van der Waals surface area contributed by atoms with E-state index in [0.29, 0.717) is 11.5 Å². The molecule has 0 bridgehead atoms. The van der Waals surface area contributed by atoms with Gasteiger partial charge in [0.05, 0.1) is 0 Å². The minimum Gasteiger partial charge on any atom is -0.397 e. The molecule has 0 amide bonds. The Morgan fingerprint density at radius 3 is 1.83 bits per heavy atom. The molecule has 1 fully saturated rings. The van der Waals surface area contributed by atoms with Crippen molar-refractivity contribution in [2.75, 3.05) is 14.2 Å².